The average molecular weight is 313 g/mol. The molecule has 120 valence electrons. The van der Waals surface area contributed by atoms with E-state index in [2.05, 4.69) is 20.3 Å². The molecule has 0 spiro atoms. The molecule has 2 aromatic rings. The Bertz CT molecular complexity index is 743. The maximum absolute atomic E-state index is 12.8. The molecule has 1 aliphatic heterocycles. The Labute approximate surface area is 133 Å². The van der Waals surface area contributed by atoms with Crippen molar-refractivity contribution in [3.05, 3.63) is 29.2 Å². The Morgan fingerprint density at radius 3 is 2.78 bits per heavy atom. The van der Waals surface area contributed by atoms with E-state index < -0.39 is 0 Å². The first-order valence-corrected chi connectivity index (χ1v) is 8.45. The molecule has 1 atom stereocenters. The van der Waals surface area contributed by atoms with Crippen LogP contribution in [0.3, 0.4) is 0 Å². The zero-order chi connectivity index (χ0) is 15.4. The second-order valence-corrected chi connectivity index (χ2v) is 6.97. The van der Waals surface area contributed by atoms with E-state index in [1.54, 1.807) is 6.20 Å². The molecule has 0 bridgehead atoms. The van der Waals surface area contributed by atoms with Gasteiger partial charge in [-0.2, -0.15) is 10.1 Å². The van der Waals surface area contributed by atoms with Crippen molar-refractivity contribution in [2.75, 3.05) is 13.1 Å². The highest BCUT2D eigenvalue weighted by Crippen LogP contribution is 2.41. The van der Waals surface area contributed by atoms with Crippen molar-refractivity contribution >= 4 is 5.91 Å². The first-order chi connectivity index (χ1) is 11.3. The highest BCUT2D eigenvalue weighted by atomic mass is 16.5. The van der Waals surface area contributed by atoms with Gasteiger partial charge in [0.2, 0.25) is 5.89 Å². The third-order valence-electron chi connectivity index (χ3n) is 5.11. The number of amides is 1. The number of H-pyrrole nitrogens is 1. The minimum Gasteiger partial charge on any atom is -0.339 e. The minimum absolute atomic E-state index is 0.0741. The Kier molecular flexibility index (Phi) is 2.83. The van der Waals surface area contributed by atoms with E-state index in [4.69, 9.17) is 4.52 Å². The van der Waals surface area contributed by atoms with E-state index in [-0.39, 0.29) is 11.8 Å². The van der Waals surface area contributed by atoms with Crippen LogP contribution in [0.4, 0.5) is 0 Å². The van der Waals surface area contributed by atoms with E-state index >= 15 is 0 Å². The Morgan fingerprint density at radius 2 is 2.00 bits per heavy atom. The summed E-state index contributed by atoms with van der Waals surface area (Å²) in [5.74, 6) is 2.76. The lowest BCUT2D eigenvalue weighted by Gasteiger charge is -2.15. The van der Waals surface area contributed by atoms with Crippen LogP contribution in [0.1, 0.15) is 77.6 Å². The van der Waals surface area contributed by atoms with E-state index in [0.717, 1.165) is 42.9 Å². The van der Waals surface area contributed by atoms with Gasteiger partial charge in [-0.15, -0.1) is 0 Å². The molecule has 5 rings (SSSR count). The average Bonchev–Trinajstić information content (AvgIpc) is 3.43. The summed E-state index contributed by atoms with van der Waals surface area (Å²) in [6.07, 6.45) is 7.18. The van der Waals surface area contributed by atoms with Gasteiger partial charge in [-0.05, 0) is 32.1 Å². The maximum atomic E-state index is 12.8. The lowest BCUT2D eigenvalue weighted by Crippen LogP contribution is -2.29. The molecule has 3 fully saturated rings. The summed E-state index contributed by atoms with van der Waals surface area (Å²) in [7, 11) is 0. The number of nitrogens with one attached hydrogen (secondary N) is 1. The highest BCUT2D eigenvalue weighted by molar-refractivity contribution is 5.95. The van der Waals surface area contributed by atoms with Crippen LogP contribution in [-0.4, -0.2) is 44.2 Å². The molecule has 7 nitrogen and oxygen atoms in total. The van der Waals surface area contributed by atoms with Gasteiger partial charge < -0.3 is 9.42 Å². The van der Waals surface area contributed by atoms with Gasteiger partial charge in [-0.3, -0.25) is 9.89 Å². The number of carbonyl (C=O) groups excluding carboxylic acids is 1. The van der Waals surface area contributed by atoms with Crippen molar-refractivity contribution in [2.45, 2.75) is 49.9 Å². The summed E-state index contributed by atoms with van der Waals surface area (Å²) in [4.78, 5) is 19.2. The molecule has 3 heterocycles. The fourth-order valence-electron chi connectivity index (χ4n) is 3.39. The van der Waals surface area contributed by atoms with Crippen molar-refractivity contribution in [1.29, 1.82) is 0 Å². The number of carbonyl (C=O) groups is 1. The van der Waals surface area contributed by atoms with Crippen LogP contribution in [0.15, 0.2) is 10.7 Å². The summed E-state index contributed by atoms with van der Waals surface area (Å²) in [6, 6.07) is 0. The Hall–Kier alpha value is -2.18. The molecule has 0 aromatic carbocycles. The minimum atomic E-state index is 0.0741. The maximum Gasteiger partial charge on any atom is 0.257 e. The summed E-state index contributed by atoms with van der Waals surface area (Å²) < 4.78 is 5.42. The summed E-state index contributed by atoms with van der Waals surface area (Å²) in [6.45, 7) is 1.39. The van der Waals surface area contributed by atoms with Gasteiger partial charge in [0.1, 0.15) is 0 Å². The lowest BCUT2D eigenvalue weighted by molar-refractivity contribution is 0.0788. The van der Waals surface area contributed by atoms with Crippen molar-refractivity contribution in [2.24, 2.45) is 0 Å². The van der Waals surface area contributed by atoms with E-state index in [1.165, 1.54) is 12.8 Å². The second-order valence-electron chi connectivity index (χ2n) is 6.97. The molecule has 2 aromatic heterocycles. The Balaban J connectivity index is 1.30. The van der Waals surface area contributed by atoms with Gasteiger partial charge in [0.05, 0.1) is 23.4 Å². The molecule has 2 aliphatic carbocycles. The first-order valence-electron chi connectivity index (χ1n) is 8.45. The smallest absolute Gasteiger partial charge is 0.257 e. The number of likely N-dealkylation sites (tertiary alicyclic amines) is 1. The third kappa shape index (κ3) is 2.34. The molecule has 1 N–H and O–H groups in total. The molecule has 2 saturated carbocycles. The van der Waals surface area contributed by atoms with Crippen molar-refractivity contribution in [1.82, 2.24) is 25.2 Å². The summed E-state index contributed by atoms with van der Waals surface area (Å²) in [5.41, 5.74) is 1.74. The van der Waals surface area contributed by atoms with Crippen molar-refractivity contribution < 1.29 is 9.32 Å². The molecule has 7 heteroatoms. The number of hydrogen-bond acceptors (Lipinski definition) is 5. The fraction of sp³-hybridized carbons (Fsp3) is 0.625. The van der Waals surface area contributed by atoms with Gasteiger partial charge in [0.15, 0.2) is 5.82 Å². The van der Waals surface area contributed by atoms with E-state index in [0.29, 0.717) is 24.3 Å². The Morgan fingerprint density at radius 1 is 1.17 bits per heavy atom. The fourth-order valence-corrected chi connectivity index (χ4v) is 3.39. The van der Waals surface area contributed by atoms with Crippen LogP contribution in [0, 0.1) is 0 Å². The first kappa shape index (κ1) is 13.3. The zero-order valence-corrected chi connectivity index (χ0v) is 12.9. The van der Waals surface area contributed by atoms with Gasteiger partial charge in [0.25, 0.3) is 5.91 Å². The third-order valence-corrected chi connectivity index (χ3v) is 5.11. The molecule has 23 heavy (non-hydrogen) atoms. The normalized spacial score (nSPS) is 24.3. The standard InChI is InChI=1S/C16H19N5O2/c22-16(12-7-17-19-13(12)9-1-2-9)21-6-5-11(8-21)15-18-14(20-23-15)10-3-4-10/h7,9-11H,1-6,8H2,(H,17,19). The molecule has 3 aliphatic rings. The summed E-state index contributed by atoms with van der Waals surface area (Å²) in [5, 5.41) is 11.2. The number of aromatic amines is 1. The van der Waals surface area contributed by atoms with E-state index in [9.17, 15) is 4.79 Å². The lowest BCUT2D eigenvalue weighted by atomic mass is 10.1. The predicted octanol–water partition coefficient (Wildman–Crippen LogP) is 2.18. The monoisotopic (exact) mass is 313 g/mol. The largest absolute Gasteiger partial charge is 0.339 e. The van der Waals surface area contributed by atoms with Crippen LogP contribution in [-0.2, 0) is 0 Å². The SMILES string of the molecule is O=C(c1cn[nH]c1C1CC1)N1CCC(c2nc(C3CC3)no2)C1. The molecule has 1 saturated heterocycles. The van der Waals surface area contributed by atoms with Crippen LogP contribution in [0.5, 0.6) is 0 Å². The second kappa shape index (κ2) is 4.91. The van der Waals surface area contributed by atoms with Crippen molar-refractivity contribution in [3.63, 3.8) is 0 Å². The topological polar surface area (TPSA) is 87.9 Å². The van der Waals surface area contributed by atoms with Crippen LogP contribution in [0.2, 0.25) is 0 Å². The molecule has 1 amide bonds. The van der Waals surface area contributed by atoms with Gasteiger partial charge in [-0.25, -0.2) is 0 Å². The van der Waals surface area contributed by atoms with Crippen LogP contribution in [0.25, 0.3) is 0 Å². The van der Waals surface area contributed by atoms with Gasteiger partial charge in [-0.1, -0.05) is 5.16 Å². The number of nitrogens with zero attached hydrogens (tertiary/aromatic N) is 4. The number of hydrogen-bond donors (Lipinski definition) is 1. The predicted molar refractivity (Wildman–Crippen MR) is 80.1 cm³/mol. The van der Waals surface area contributed by atoms with Crippen molar-refractivity contribution in [3.8, 4) is 0 Å². The summed E-state index contributed by atoms with van der Waals surface area (Å²) >= 11 is 0. The number of rotatable bonds is 4. The van der Waals surface area contributed by atoms with Gasteiger partial charge >= 0.3 is 0 Å². The molecular weight excluding hydrogens is 294 g/mol. The molecular formula is C16H19N5O2. The number of aromatic nitrogens is 4. The molecule has 0 radical (unpaired) electrons. The highest BCUT2D eigenvalue weighted by Gasteiger charge is 2.36. The van der Waals surface area contributed by atoms with Crippen LogP contribution < -0.4 is 0 Å². The van der Waals surface area contributed by atoms with E-state index in [1.807, 2.05) is 4.90 Å². The quantitative estimate of drug-likeness (QED) is 0.934. The molecule has 1 unspecified atom stereocenters. The van der Waals surface area contributed by atoms with Crippen LogP contribution >= 0.6 is 0 Å². The zero-order valence-electron chi connectivity index (χ0n) is 12.9. The van der Waals surface area contributed by atoms with Gasteiger partial charge in [0, 0.05) is 24.9 Å².